The average molecular weight is 429 g/mol. The van der Waals surface area contributed by atoms with Crippen LogP contribution in [0.15, 0.2) is 23.2 Å². The predicted octanol–water partition coefficient (Wildman–Crippen LogP) is -0.948. The van der Waals surface area contributed by atoms with E-state index in [1.165, 1.54) is 11.8 Å². The van der Waals surface area contributed by atoms with Gasteiger partial charge in [0.2, 0.25) is 5.91 Å². The smallest absolute Gasteiger partial charge is 0.526 e. The lowest BCUT2D eigenvalue weighted by Crippen LogP contribution is -2.52. The van der Waals surface area contributed by atoms with Crippen molar-refractivity contribution < 1.29 is 24.1 Å². The third-order valence-electron chi connectivity index (χ3n) is 5.57. The Hall–Kier alpha value is -2.92. The molecule has 3 rings (SSSR count). The van der Waals surface area contributed by atoms with Gasteiger partial charge in [-0.3, -0.25) is 24.3 Å². The SMILES string of the molecule is CC(=O)c1cccc2c1OB(O)[C@@H](CC(=O)CN1CCN(CCN=C(N)N)CC1=O)C2. The Bertz CT molecular complexity index is 889. The van der Waals surface area contributed by atoms with E-state index in [1.807, 2.05) is 11.0 Å². The fourth-order valence-corrected chi connectivity index (χ4v) is 3.94. The number of nitrogens with two attached hydrogens (primary N) is 2. The second-order valence-electron chi connectivity index (χ2n) is 7.96. The molecule has 0 aliphatic carbocycles. The highest BCUT2D eigenvalue weighted by Gasteiger charge is 2.38. The lowest BCUT2D eigenvalue weighted by molar-refractivity contribution is -0.139. The van der Waals surface area contributed by atoms with Crippen molar-refractivity contribution in [3.63, 3.8) is 0 Å². The first kappa shape index (κ1) is 22.8. The van der Waals surface area contributed by atoms with Gasteiger partial charge in [-0.25, -0.2) is 0 Å². The number of amides is 1. The minimum absolute atomic E-state index is 0.00410. The molecule has 31 heavy (non-hydrogen) atoms. The van der Waals surface area contributed by atoms with Gasteiger partial charge in [0, 0.05) is 31.9 Å². The molecule has 1 saturated heterocycles. The molecular weight excluding hydrogens is 401 g/mol. The summed E-state index contributed by atoms with van der Waals surface area (Å²) in [5.41, 5.74) is 11.8. The number of hydrogen-bond donors (Lipinski definition) is 3. The summed E-state index contributed by atoms with van der Waals surface area (Å²) in [5, 5.41) is 10.4. The first-order chi connectivity index (χ1) is 14.7. The van der Waals surface area contributed by atoms with Crippen LogP contribution in [0.25, 0.3) is 0 Å². The van der Waals surface area contributed by atoms with Crippen molar-refractivity contribution in [1.82, 2.24) is 9.80 Å². The molecule has 1 fully saturated rings. The molecule has 10 nitrogen and oxygen atoms in total. The van der Waals surface area contributed by atoms with E-state index in [0.717, 1.165) is 5.56 Å². The zero-order valence-electron chi connectivity index (χ0n) is 17.6. The summed E-state index contributed by atoms with van der Waals surface area (Å²) in [4.78, 5) is 44.2. The molecule has 5 N–H and O–H groups in total. The molecule has 1 atom stereocenters. The number of nitrogens with zero attached hydrogens (tertiary/aromatic N) is 3. The maximum atomic E-state index is 12.6. The highest BCUT2D eigenvalue weighted by atomic mass is 16.5. The lowest BCUT2D eigenvalue weighted by Gasteiger charge is -2.34. The number of para-hydroxylation sites is 1. The second kappa shape index (κ2) is 9.93. The van der Waals surface area contributed by atoms with Crippen LogP contribution >= 0.6 is 0 Å². The standard InChI is InChI=1S/C20H28BN5O5/c1-13(27)17-4-2-3-14-9-15(21(30)31-19(14)17)10-16(28)11-26-8-7-25(12-18(26)29)6-5-24-20(22)23/h2-4,15,30H,5-12H2,1H3,(H4,22,23,24)/t15-/m1/s1. The molecule has 0 bridgehead atoms. The number of carbonyl (C=O) groups is 3. The average Bonchev–Trinajstić information content (AvgIpc) is 2.69. The molecule has 1 aromatic carbocycles. The van der Waals surface area contributed by atoms with Gasteiger partial charge in [0.05, 0.1) is 25.2 Å². The summed E-state index contributed by atoms with van der Waals surface area (Å²) < 4.78 is 5.58. The van der Waals surface area contributed by atoms with Crippen LogP contribution in [-0.2, 0) is 16.0 Å². The van der Waals surface area contributed by atoms with Gasteiger partial charge >= 0.3 is 7.12 Å². The van der Waals surface area contributed by atoms with Crippen LogP contribution in [0.5, 0.6) is 5.75 Å². The summed E-state index contributed by atoms with van der Waals surface area (Å²) in [6.45, 7) is 3.72. The van der Waals surface area contributed by atoms with Gasteiger partial charge in [0.15, 0.2) is 17.5 Å². The third-order valence-corrected chi connectivity index (χ3v) is 5.57. The Morgan fingerprint density at radius 2 is 2.10 bits per heavy atom. The number of rotatable bonds is 8. The van der Waals surface area contributed by atoms with Gasteiger partial charge in [-0.05, 0) is 25.0 Å². The molecule has 0 radical (unpaired) electrons. The van der Waals surface area contributed by atoms with E-state index in [0.29, 0.717) is 43.9 Å². The molecule has 0 spiro atoms. The normalized spacial score (nSPS) is 18.9. The Morgan fingerprint density at radius 3 is 2.77 bits per heavy atom. The summed E-state index contributed by atoms with van der Waals surface area (Å²) in [5.74, 6) is -0.433. The molecule has 1 amide bonds. The number of Topliss-reactive ketones (excluding diaryl/α,β-unsaturated/α-hetero) is 2. The van der Waals surface area contributed by atoms with Crippen LogP contribution in [0.3, 0.4) is 0 Å². The fourth-order valence-electron chi connectivity index (χ4n) is 3.94. The molecule has 2 aliphatic heterocycles. The van der Waals surface area contributed by atoms with Crippen molar-refractivity contribution in [2.24, 2.45) is 16.5 Å². The number of piperazine rings is 1. The lowest BCUT2D eigenvalue weighted by atomic mass is 9.64. The van der Waals surface area contributed by atoms with Crippen molar-refractivity contribution in [2.45, 2.75) is 25.6 Å². The third kappa shape index (κ3) is 5.83. The summed E-state index contributed by atoms with van der Waals surface area (Å²) in [6, 6.07) is 5.25. The van der Waals surface area contributed by atoms with Crippen LogP contribution in [0.2, 0.25) is 5.82 Å². The first-order valence-electron chi connectivity index (χ1n) is 10.3. The van der Waals surface area contributed by atoms with E-state index in [2.05, 4.69) is 4.99 Å². The van der Waals surface area contributed by atoms with Crippen LogP contribution < -0.4 is 16.1 Å². The Labute approximate surface area is 181 Å². The van der Waals surface area contributed by atoms with Gasteiger partial charge < -0.3 is 26.0 Å². The van der Waals surface area contributed by atoms with E-state index in [9.17, 15) is 19.4 Å². The number of carbonyl (C=O) groups excluding carboxylic acids is 3. The maximum Gasteiger partial charge on any atom is 0.526 e. The highest BCUT2D eigenvalue weighted by molar-refractivity contribution is 6.47. The largest absolute Gasteiger partial charge is 0.535 e. The highest BCUT2D eigenvalue weighted by Crippen LogP contribution is 2.36. The number of guanidine groups is 1. The van der Waals surface area contributed by atoms with Gasteiger partial charge in [0.1, 0.15) is 5.75 Å². The summed E-state index contributed by atoms with van der Waals surface area (Å²) in [6.07, 6.45) is 0.513. The molecule has 0 aromatic heterocycles. The second-order valence-corrected chi connectivity index (χ2v) is 7.96. The molecule has 11 heteroatoms. The number of hydrogen-bond acceptors (Lipinski definition) is 7. The fraction of sp³-hybridized carbons (Fsp3) is 0.500. The summed E-state index contributed by atoms with van der Waals surface area (Å²) in [7, 11) is -1.18. The first-order valence-corrected chi connectivity index (χ1v) is 10.3. The van der Waals surface area contributed by atoms with Gasteiger partial charge in [-0.1, -0.05) is 12.1 Å². The van der Waals surface area contributed by atoms with E-state index < -0.39 is 12.9 Å². The van der Waals surface area contributed by atoms with Crippen LogP contribution in [-0.4, -0.2) is 84.6 Å². The summed E-state index contributed by atoms with van der Waals surface area (Å²) >= 11 is 0. The Morgan fingerprint density at radius 1 is 1.32 bits per heavy atom. The van der Waals surface area contributed by atoms with E-state index in [1.54, 1.807) is 12.1 Å². The van der Waals surface area contributed by atoms with E-state index in [4.69, 9.17) is 16.1 Å². The number of benzene rings is 1. The van der Waals surface area contributed by atoms with Gasteiger partial charge in [0.25, 0.3) is 0 Å². The topological polar surface area (TPSA) is 152 Å². The number of fused-ring (bicyclic) bond motifs is 1. The number of aliphatic imine (C=N–C) groups is 1. The van der Waals surface area contributed by atoms with Crippen molar-refractivity contribution in [1.29, 1.82) is 0 Å². The zero-order valence-corrected chi connectivity index (χ0v) is 17.6. The van der Waals surface area contributed by atoms with Gasteiger partial charge in [-0.15, -0.1) is 0 Å². The maximum absolute atomic E-state index is 12.6. The molecule has 0 saturated carbocycles. The van der Waals surface area contributed by atoms with Crippen molar-refractivity contribution in [2.75, 3.05) is 39.3 Å². The monoisotopic (exact) mass is 429 g/mol. The zero-order chi connectivity index (χ0) is 22.5. The molecule has 166 valence electrons. The van der Waals surface area contributed by atoms with E-state index >= 15 is 0 Å². The minimum Gasteiger partial charge on any atom is -0.535 e. The van der Waals surface area contributed by atoms with Crippen LogP contribution in [0.1, 0.15) is 29.3 Å². The predicted molar refractivity (Wildman–Crippen MR) is 116 cm³/mol. The Balaban J connectivity index is 1.52. The van der Waals surface area contributed by atoms with E-state index in [-0.39, 0.29) is 42.9 Å². The minimum atomic E-state index is -1.18. The molecule has 2 heterocycles. The quantitative estimate of drug-likeness (QED) is 0.207. The van der Waals surface area contributed by atoms with Crippen LogP contribution in [0, 0.1) is 0 Å². The molecular formula is C20H28BN5O5. The molecule has 0 unspecified atom stereocenters. The van der Waals surface area contributed by atoms with Crippen LogP contribution in [0.4, 0.5) is 0 Å². The molecule has 1 aromatic rings. The number of ketones is 2. The van der Waals surface area contributed by atoms with Crippen molar-refractivity contribution in [3.8, 4) is 5.75 Å². The Kier molecular flexibility index (Phi) is 7.29. The van der Waals surface area contributed by atoms with Crippen molar-refractivity contribution in [3.05, 3.63) is 29.3 Å². The van der Waals surface area contributed by atoms with Gasteiger partial charge in [-0.2, -0.15) is 0 Å². The molecule has 2 aliphatic rings. The van der Waals surface area contributed by atoms with Crippen molar-refractivity contribution >= 4 is 30.6 Å².